The second-order valence-corrected chi connectivity index (χ2v) is 2.43. The molecule has 1 nitrogen and oxygen atoms in total. The second-order valence-electron chi connectivity index (χ2n) is 2.43. The molecule has 1 aromatic carbocycles. The van der Waals surface area contributed by atoms with E-state index in [2.05, 4.69) is 6.26 Å². The minimum Gasteiger partial charge on any atom is -0.460 e. The molecule has 2 aromatic rings. The summed E-state index contributed by atoms with van der Waals surface area (Å²) in [6.07, 6.45) is 3.98. The van der Waals surface area contributed by atoms with Crippen molar-refractivity contribution < 1.29 is 8.81 Å². The largest absolute Gasteiger partial charge is 0.460 e. The van der Waals surface area contributed by atoms with Gasteiger partial charge in [0, 0.05) is 11.1 Å². The van der Waals surface area contributed by atoms with Gasteiger partial charge in [-0.15, -0.1) is 0 Å². The van der Waals surface area contributed by atoms with Gasteiger partial charge in [-0.3, -0.25) is 0 Å². The summed E-state index contributed by atoms with van der Waals surface area (Å²) < 4.78 is 17.8. The van der Waals surface area contributed by atoms with Crippen LogP contribution in [0.4, 0.5) is 4.39 Å². The third-order valence-electron chi connectivity index (χ3n) is 1.65. The van der Waals surface area contributed by atoms with Crippen LogP contribution in [0.2, 0.25) is 0 Å². The van der Waals surface area contributed by atoms with Crippen molar-refractivity contribution in [1.29, 1.82) is 0 Å². The first-order valence-corrected chi connectivity index (χ1v) is 3.57. The Morgan fingerprint density at radius 1 is 1.25 bits per heavy atom. The Bertz CT molecular complexity index is 365. The van der Waals surface area contributed by atoms with Gasteiger partial charge in [0.15, 0.2) is 6.26 Å². The maximum atomic E-state index is 13.1. The van der Waals surface area contributed by atoms with Gasteiger partial charge in [0.05, 0.1) is 6.26 Å². The molecule has 2 heteroatoms. The Morgan fingerprint density at radius 2 is 2.08 bits per heavy atom. The molecule has 1 radical (unpaired) electrons. The van der Waals surface area contributed by atoms with Crippen LogP contribution < -0.4 is 0 Å². The molecule has 12 heavy (non-hydrogen) atoms. The maximum absolute atomic E-state index is 13.1. The lowest BCUT2D eigenvalue weighted by atomic mass is 10.1. The predicted octanol–water partition coefficient (Wildman–Crippen LogP) is 2.89. The fourth-order valence-electron chi connectivity index (χ4n) is 1.07. The SMILES string of the molecule is Fc1ccccc1-c1c[c]oc1. The zero-order valence-electron chi connectivity index (χ0n) is 6.25. The smallest absolute Gasteiger partial charge is 0.169 e. The Kier molecular flexibility index (Phi) is 1.67. The highest BCUT2D eigenvalue weighted by Gasteiger charge is 2.03. The second kappa shape index (κ2) is 2.81. The van der Waals surface area contributed by atoms with Gasteiger partial charge < -0.3 is 4.42 Å². The molecule has 0 bridgehead atoms. The minimum atomic E-state index is -0.243. The molecular weight excluding hydrogens is 155 g/mol. The van der Waals surface area contributed by atoms with Crippen LogP contribution in [0.15, 0.2) is 41.0 Å². The van der Waals surface area contributed by atoms with E-state index in [0.29, 0.717) is 11.1 Å². The van der Waals surface area contributed by atoms with E-state index in [1.165, 1.54) is 12.3 Å². The van der Waals surface area contributed by atoms with Crippen LogP contribution in [0.1, 0.15) is 0 Å². The van der Waals surface area contributed by atoms with Crippen LogP contribution in [0.3, 0.4) is 0 Å². The van der Waals surface area contributed by atoms with Crippen LogP contribution >= 0.6 is 0 Å². The van der Waals surface area contributed by atoms with Crippen LogP contribution in [0.5, 0.6) is 0 Å². The fourth-order valence-corrected chi connectivity index (χ4v) is 1.07. The predicted molar refractivity (Wildman–Crippen MR) is 42.9 cm³/mol. The van der Waals surface area contributed by atoms with Gasteiger partial charge in [-0.25, -0.2) is 4.39 Å². The van der Waals surface area contributed by atoms with Crippen molar-refractivity contribution >= 4 is 0 Å². The summed E-state index contributed by atoms with van der Waals surface area (Å²) in [6, 6.07) is 8.17. The van der Waals surface area contributed by atoms with E-state index in [9.17, 15) is 4.39 Å². The number of rotatable bonds is 1. The average Bonchev–Trinajstić information content (AvgIpc) is 2.57. The molecule has 2 rings (SSSR count). The summed E-state index contributed by atoms with van der Waals surface area (Å²) in [7, 11) is 0. The van der Waals surface area contributed by atoms with Crippen molar-refractivity contribution in [3.63, 3.8) is 0 Å². The molecule has 0 saturated carbocycles. The first kappa shape index (κ1) is 7.10. The highest BCUT2D eigenvalue weighted by molar-refractivity contribution is 5.62. The van der Waals surface area contributed by atoms with E-state index >= 15 is 0 Å². The molecular formula is C10H6FO. The highest BCUT2D eigenvalue weighted by atomic mass is 19.1. The summed E-state index contributed by atoms with van der Waals surface area (Å²) in [5.74, 6) is -0.243. The normalized spacial score (nSPS) is 10.1. The molecule has 0 fully saturated rings. The Hall–Kier alpha value is -1.57. The highest BCUT2D eigenvalue weighted by Crippen LogP contribution is 2.21. The molecule has 1 aromatic heterocycles. The van der Waals surface area contributed by atoms with Crippen molar-refractivity contribution in [2.75, 3.05) is 0 Å². The molecule has 1 heterocycles. The lowest BCUT2D eigenvalue weighted by Crippen LogP contribution is -1.79. The van der Waals surface area contributed by atoms with Gasteiger partial charge in [-0.05, 0) is 12.1 Å². The summed E-state index contributed by atoms with van der Waals surface area (Å²) in [4.78, 5) is 0. The molecule has 0 aliphatic carbocycles. The summed E-state index contributed by atoms with van der Waals surface area (Å²) >= 11 is 0. The topological polar surface area (TPSA) is 13.1 Å². The van der Waals surface area contributed by atoms with Gasteiger partial charge in [0.1, 0.15) is 5.82 Å². The number of hydrogen-bond donors (Lipinski definition) is 0. The molecule has 0 N–H and O–H groups in total. The van der Waals surface area contributed by atoms with E-state index in [1.54, 1.807) is 24.3 Å². The molecule has 0 aliphatic rings. The quantitative estimate of drug-likeness (QED) is 0.626. The van der Waals surface area contributed by atoms with Crippen LogP contribution in [-0.2, 0) is 0 Å². The van der Waals surface area contributed by atoms with Crippen molar-refractivity contribution in [2.24, 2.45) is 0 Å². The molecule has 59 valence electrons. The third-order valence-corrected chi connectivity index (χ3v) is 1.65. The van der Waals surface area contributed by atoms with E-state index in [0.717, 1.165) is 0 Å². The molecule has 0 aliphatic heterocycles. The average molecular weight is 161 g/mol. The number of hydrogen-bond acceptors (Lipinski definition) is 1. The molecule has 0 saturated heterocycles. The monoisotopic (exact) mass is 161 g/mol. The molecule has 0 unspecified atom stereocenters. The summed E-state index contributed by atoms with van der Waals surface area (Å²) in [6.45, 7) is 0. The van der Waals surface area contributed by atoms with Gasteiger partial charge in [-0.2, -0.15) is 0 Å². The van der Waals surface area contributed by atoms with Gasteiger partial charge >= 0.3 is 0 Å². The van der Waals surface area contributed by atoms with E-state index < -0.39 is 0 Å². The van der Waals surface area contributed by atoms with Gasteiger partial charge in [0.2, 0.25) is 0 Å². The number of halogens is 1. The van der Waals surface area contributed by atoms with Crippen LogP contribution in [0.25, 0.3) is 11.1 Å². The maximum Gasteiger partial charge on any atom is 0.169 e. The van der Waals surface area contributed by atoms with E-state index in [-0.39, 0.29) is 5.82 Å². The third kappa shape index (κ3) is 1.11. The van der Waals surface area contributed by atoms with Gasteiger partial charge in [0.25, 0.3) is 0 Å². The Labute approximate surface area is 69.4 Å². The zero-order chi connectivity index (χ0) is 8.39. The molecule has 0 spiro atoms. The summed E-state index contributed by atoms with van der Waals surface area (Å²) in [5.41, 5.74) is 1.26. The first-order chi connectivity index (χ1) is 5.88. The first-order valence-electron chi connectivity index (χ1n) is 3.57. The standard InChI is InChI=1S/C10H6FO/c11-10-4-2-1-3-9(10)8-5-6-12-7-8/h1-5,7H. The van der Waals surface area contributed by atoms with Gasteiger partial charge in [-0.1, -0.05) is 18.2 Å². The fraction of sp³-hybridized carbons (Fsp3) is 0. The Morgan fingerprint density at radius 3 is 2.75 bits per heavy atom. The van der Waals surface area contributed by atoms with Crippen molar-refractivity contribution in [2.45, 2.75) is 0 Å². The van der Waals surface area contributed by atoms with Crippen molar-refractivity contribution in [3.05, 3.63) is 48.7 Å². The van der Waals surface area contributed by atoms with E-state index in [4.69, 9.17) is 4.42 Å². The molecule has 0 atom stereocenters. The van der Waals surface area contributed by atoms with Crippen LogP contribution in [-0.4, -0.2) is 0 Å². The zero-order valence-corrected chi connectivity index (χ0v) is 6.25. The lowest BCUT2D eigenvalue weighted by Gasteiger charge is -1.96. The van der Waals surface area contributed by atoms with Crippen molar-refractivity contribution in [3.8, 4) is 11.1 Å². The Balaban J connectivity index is 2.55. The number of benzene rings is 1. The lowest BCUT2D eigenvalue weighted by molar-refractivity contribution is 0.558. The minimum absolute atomic E-state index is 0.243. The van der Waals surface area contributed by atoms with E-state index in [1.807, 2.05) is 0 Å². The van der Waals surface area contributed by atoms with Crippen LogP contribution in [0, 0.1) is 12.1 Å². The summed E-state index contributed by atoms with van der Waals surface area (Å²) in [5, 5.41) is 0. The number of furan rings is 1. The molecule has 0 amide bonds. The van der Waals surface area contributed by atoms with Crippen molar-refractivity contribution in [1.82, 2.24) is 0 Å².